The summed E-state index contributed by atoms with van der Waals surface area (Å²) in [6.45, 7) is -1.31. The summed E-state index contributed by atoms with van der Waals surface area (Å²) in [6.07, 6.45) is 2.17. The Labute approximate surface area is 108 Å². The predicted molar refractivity (Wildman–Crippen MR) is 63.7 cm³/mol. The van der Waals surface area contributed by atoms with Crippen LogP contribution in [0, 0.1) is 0 Å². The van der Waals surface area contributed by atoms with Crippen molar-refractivity contribution >= 4 is 17.8 Å². The van der Waals surface area contributed by atoms with E-state index in [-0.39, 0.29) is 17.9 Å². The van der Waals surface area contributed by atoms with Crippen molar-refractivity contribution in [2.75, 3.05) is 6.61 Å². The van der Waals surface area contributed by atoms with E-state index in [1.807, 2.05) is 0 Å². The van der Waals surface area contributed by atoms with Crippen LogP contribution in [0.1, 0.15) is 12.5 Å². The average molecular weight is 270 g/mol. The summed E-state index contributed by atoms with van der Waals surface area (Å²) in [4.78, 5) is 22.3. The van der Waals surface area contributed by atoms with Crippen molar-refractivity contribution in [3.05, 3.63) is 35.9 Å². The highest BCUT2D eigenvalue weighted by Crippen LogP contribution is 2.21. The minimum atomic E-state index is -2.96. The maximum absolute atomic E-state index is 12.1. The topological polar surface area (TPSA) is 52.6 Å². The second-order valence-electron chi connectivity index (χ2n) is 3.33. The minimum Gasteiger partial charge on any atom is -0.460 e. The molecule has 0 N–H and O–H groups in total. The summed E-state index contributed by atoms with van der Waals surface area (Å²) in [7, 11) is 0. The fraction of sp³-hybridized carbons (Fsp3) is 0.231. The summed E-state index contributed by atoms with van der Waals surface area (Å²) in [5.41, 5.74) is 0.264. The van der Waals surface area contributed by atoms with Crippen molar-refractivity contribution in [3.63, 3.8) is 0 Å². The molecule has 1 aromatic rings. The van der Waals surface area contributed by atoms with Crippen LogP contribution in [0.4, 0.5) is 8.78 Å². The fourth-order valence-electron chi connectivity index (χ4n) is 1.26. The van der Waals surface area contributed by atoms with Crippen molar-refractivity contribution in [1.82, 2.24) is 0 Å². The molecule has 0 unspecified atom stereocenters. The van der Waals surface area contributed by atoms with Crippen LogP contribution in [0.5, 0.6) is 5.75 Å². The Balaban J connectivity index is 2.81. The summed E-state index contributed by atoms with van der Waals surface area (Å²) in [6, 6.07) is 5.92. The SMILES string of the molecule is CCOC(=O)C(=O)C=Cc1ccccc1OC(F)F. The van der Waals surface area contributed by atoms with Crippen molar-refractivity contribution in [1.29, 1.82) is 0 Å². The number of esters is 1. The normalized spacial score (nSPS) is 10.7. The number of halogens is 2. The summed E-state index contributed by atoms with van der Waals surface area (Å²) >= 11 is 0. The molecule has 0 radical (unpaired) electrons. The van der Waals surface area contributed by atoms with Gasteiger partial charge in [-0.25, -0.2) is 4.79 Å². The van der Waals surface area contributed by atoms with Crippen LogP contribution in [-0.4, -0.2) is 25.0 Å². The number of hydrogen-bond donors (Lipinski definition) is 0. The first-order valence-corrected chi connectivity index (χ1v) is 5.47. The lowest BCUT2D eigenvalue weighted by atomic mass is 10.1. The van der Waals surface area contributed by atoms with E-state index >= 15 is 0 Å². The number of rotatable bonds is 6. The van der Waals surface area contributed by atoms with Gasteiger partial charge in [-0.05, 0) is 25.1 Å². The van der Waals surface area contributed by atoms with Gasteiger partial charge in [0.2, 0.25) is 0 Å². The van der Waals surface area contributed by atoms with Gasteiger partial charge in [-0.15, -0.1) is 0 Å². The van der Waals surface area contributed by atoms with Gasteiger partial charge in [0, 0.05) is 5.56 Å². The van der Waals surface area contributed by atoms with E-state index < -0.39 is 18.4 Å². The molecule has 0 saturated heterocycles. The Bertz CT molecular complexity index is 483. The third kappa shape index (κ3) is 4.87. The average Bonchev–Trinajstić information content (AvgIpc) is 2.37. The highest BCUT2D eigenvalue weighted by atomic mass is 19.3. The maximum atomic E-state index is 12.1. The van der Waals surface area contributed by atoms with Crippen LogP contribution in [-0.2, 0) is 14.3 Å². The lowest BCUT2D eigenvalue weighted by Crippen LogP contribution is -2.14. The molecule has 6 heteroatoms. The molecule has 0 aliphatic carbocycles. The summed E-state index contributed by atoms with van der Waals surface area (Å²) in [5, 5.41) is 0. The Kier molecular flexibility index (Phi) is 5.66. The monoisotopic (exact) mass is 270 g/mol. The molecular formula is C13H12F2O4. The maximum Gasteiger partial charge on any atom is 0.387 e. The molecular weight excluding hydrogens is 258 g/mol. The van der Waals surface area contributed by atoms with Crippen molar-refractivity contribution in [2.24, 2.45) is 0 Å². The molecule has 0 amide bonds. The van der Waals surface area contributed by atoms with E-state index in [1.165, 1.54) is 24.3 Å². The van der Waals surface area contributed by atoms with Gasteiger partial charge in [-0.2, -0.15) is 8.78 Å². The Hall–Kier alpha value is -2.24. The lowest BCUT2D eigenvalue weighted by Gasteiger charge is -2.07. The standard InChI is InChI=1S/C13H12F2O4/c1-2-18-12(17)10(16)8-7-9-5-3-4-6-11(9)19-13(14)15/h3-8,13H,2H2,1H3. The van der Waals surface area contributed by atoms with Gasteiger partial charge >= 0.3 is 12.6 Å². The largest absolute Gasteiger partial charge is 0.460 e. The quantitative estimate of drug-likeness (QED) is 0.452. The van der Waals surface area contributed by atoms with Gasteiger partial charge < -0.3 is 9.47 Å². The first kappa shape index (κ1) is 14.8. The number of carbonyl (C=O) groups excluding carboxylic acids is 2. The van der Waals surface area contributed by atoms with E-state index in [2.05, 4.69) is 9.47 Å². The second kappa shape index (κ2) is 7.25. The molecule has 0 saturated carbocycles. The minimum absolute atomic E-state index is 0.0783. The highest BCUT2D eigenvalue weighted by Gasteiger charge is 2.11. The first-order chi connectivity index (χ1) is 9.04. The number of carbonyl (C=O) groups is 2. The number of alkyl halides is 2. The van der Waals surface area contributed by atoms with Crippen LogP contribution in [0.15, 0.2) is 30.3 Å². The van der Waals surface area contributed by atoms with Gasteiger partial charge in [0.25, 0.3) is 5.78 Å². The van der Waals surface area contributed by atoms with Crippen LogP contribution in [0.2, 0.25) is 0 Å². The van der Waals surface area contributed by atoms with E-state index in [0.29, 0.717) is 0 Å². The zero-order chi connectivity index (χ0) is 14.3. The van der Waals surface area contributed by atoms with E-state index in [0.717, 1.165) is 6.08 Å². The van der Waals surface area contributed by atoms with Gasteiger partial charge in [0.15, 0.2) is 0 Å². The van der Waals surface area contributed by atoms with Crippen molar-refractivity contribution in [2.45, 2.75) is 13.5 Å². The number of ether oxygens (including phenoxy) is 2. The smallest absolute Gasteiger partial charge is 0.387 e. The van der Waals surface area contributed by atoms with E-state index in [4.69, 9.17) is 0 Å². The second-order valence-corrected chi connectivity index (χ2v) is 3.33. The molecule has 1 aromatic carbocycles. The molecule has 0 aliphatic heterocycles. The zero-order valence-corrected chi connectivity index (χ0v) is 10.1. The molecule has 0 heterocycles. The van der Waals surface area contributed by atoms with Gasteiger partial charge in [-0.1, -0.05) is 18.2 Å². The molecule has 0 fully saturated rings. The summed E-state index contributed by atoms with van der Waals surface area (Å²) < 4.78 is 33.1. The molecule has 4 nitrogen and oxygen atoms in total. The molecule has 0 aliphatic rings. The Morgan fingerprint density at radius 3 is 2.63 bits per heavy atom. The van der Waals surface area contributed by atoms with E-state index in [9.17, 15) is 18.4 Å². The van der Waals surface area contributed by atoms with Gasteiger partial charge in [0.1, 0.15) is 5.75 Å². The number of benzene rings is 1. The molecule has 0 atom stereocenters. The van der Waals surface area contributed by atoms with Gasteiger partial charge in [-0.3, -0.25) is 4.79 Å². The molecule has 0 aromatic heterocycles. The molecule has 0 spiro atoms. The van der Waals surface area contributed by atoms with Crippen molar-refractivity contribution < 1.29 is 27.8 Å². The number of ketones is 1. The zero-order valence-electron chi connectivity index (χ0n) is 10.1. The predicted octanol–water partition coefficient (Wildman–Crippen LogP) is 2.43. The van der Waals surface area contributed by atoms with Crippen LogP contribution in [0.25, 0.3) is 6.08 Å². The highest BCUT2D eigenvalue weighted by molar-refractivity contribution is 6.39. The van der Waals surface area contributed by atoms with Crippen LogP contribution >= 0.6 is 0 Å². The number of hydrogen-bond acceptors (Lipinski definition) is 4. The molecule has 19 heavy (non-hydrogen) atoms. The van der Waals surface area contributed by atoms with Crippen LogP contribution < -0.4 is 4.74 Å². The summed E-state index contributed by atoms with van der Waals surface area (Å²) in [5.74, 6) is -1.94. The van der Waals surface area contributed by atoms with E-state index in [1.54, 1.807) is 13.0 Å². The lowest BCUT2D eigenvalue weighted by molar-refractivity contribution is -0.151. The molecule has 1 rings (SSSR count). The first-order valence-electron chi connectivity index (χ1n) is 5.47. The molecule has 102 valence electrons. The van der Waals surface area contributed by atoms with Crippen molar-refractivity contribution in [3.8, 4) is 5.75 Å². The molecule has 0 bridgehead atoms. The number of para-hydroxylation sites is 1. The Morgan fingerprint density at radius 1 is 1.32 bits per heavy atom. The third-order valence-electron chi connectivity index (χ3n) is 2.03. The third-order valence-corrected chi connectivity index (χ3v) is 2.03. The van der Waals surface area contributed by atoms with Crippen LogP contribution in [0.3, 0.4) is 0 Å². The van der Waals surface area contributed by atoms with Gasteiger partial charge in [0.05, 0.1) is 6.61 Å². The Morgan fingerprint density at radius 2 is 2.00 bits per heavy atom. The fourth-order valence-corrected chi connectivity index (χ4v) is 1.26.